The fourth-order valence-electron chi connectivity index (χ4n) is 2.47. The number of furan rings is 1. The summed E-state index contributed by atoms with van der Waals surface area (Å²) in [7, 11) is 0. The van der Waals surface area contributed by atoms with Gasteiger partial charge in [0.25, 0.3) is 0 Å². The molecule has 3 aromatic rings. The Morgan fingerprint density at radius 2 is 2.07 bits per heavy atom. The molecule has 0 aliphatic carbocycles. The number of rotatable bonds is 7. The Kier molecular flexibility index (Phi) is 5.60. The molecule has 0 bridgehead atoms. The Bertz CT molecular complexity index is 966. The number of thioether (sulfide) groups is 1. The summed E-state index contributed by atoms with van der Waals surface area (Å²) in [4.78, 5) is 23.7. The average Bonchev–Trinajstić information content (AvgIpc) is 3.26. The van der Waals surface area contributed by atoms with Crippen LogP contribution in [-0.2, 0) is 16.1 Å². The van der Waals surface area contributed by atoms with Crippen LogP contribution in [0.3, 0.4) is 0 Å². The maximum absolute atomic E-state index is 12.3. The van der Waals surface area contributed by atoms with Crippen molar-refractivity contribution in [2.45, 2.75) is 25.5 Å². The molecule has 9 heteroatoms. The van der Waals surface area contributed by atoms with Crippen molar-refractivity contribution in [1.29, 1.82) is 0 Å². The topological polar surface area (TPSA) is 116 Å². The van der Waals surface area contributed by atoms with Crippen molar-refractivity contribution in [3.8, 4) is 11.6 Å². The van der Waals surface area contributed by atoms with Gasteiger partial charge in [0.15, 0.2) is 10.9 Å². The molecule has 3 rings (SSSR count). The molecule has 140 valence electrons. The SMILES string of the molecule is Cc1ccc(C)c(NC(=O)CSc2nnc(-c3ccco3)n2CC(N)=O)c1. The predicted octanol–water partition coefficient (Wildman–Crippen LogP) is 2.37. The lowest BCUT2D eigenvalue weighted by Crippen LogP contribution is -2.20. The van der Waals surface area contributed by atoms with Gasteiger partial charge in [-0.2, -0.15) is 0 Å². The molecule has 0 spiro atoms. The molecule has 0 unspecified atom stereocenters. The van der Waals surface area contributed by atoms with Crippen LogP contribution in [0.2, 0.25) is 0 Å². The third-order valence-corrected chi connectivity index (χ3v) is 4.74. The highest BCUT2D eigenvalue weighted by atomic mass is 32.2. The Hall–Kier alpha value is -3.07. The number of carbonyl (C=O) groups is 2. The number of hydrogen-bond donors (Lipinski definition) is 2. The second-order valence-corrected chi connectivity index (χ2v) is 6.93. The van der Waals surface area contributed by atoms with Crippen LogP contribution in [0.15, 0.2) is 46.2 Å². The first-order valence-electron chi connectivity index (χ1n) is 8.19. The zero-order valence-corrected chi connectivity index (χ0v) is 15.7. The summed E-state index contributed by atoms with van der Waals surface area (Å²) < 4.78 is 6.86. The van der Waals surface area contributed by atoms with Crippen molar-refractivity contribution in [1.82, 2.24) is 14.8 Å². The molecule has 0 aliphatic heterocycles. The number of anilines is 1. The van der Waals surface area contributed by atoms with Crippen molar-refractivity contribution in [2.75, 3.05) is 11.1 Å². The molecular formula is C18H19N5O3S. The van der Waals surface area contributed by atoms with Crippen LogP contribution in [0.1, 0.15) is 11.1 Å². The fourth-order valence-corrected chi connectivity index (χ4v) is 3.21. The highest BCUT2D eigenvalue weighted by Gasteiger charge is 2.19. The van der Waals surface area contributed by atoms with Gasteiger partial charge in [-0.15, -0.1) is 10.2 Å². The maximum atomic E-state index is 12.3. The number of nitrogens with two attached hydrogens (primary N) is 1. The maximum Gasteiger partial charge on any atom is 0.237 e. The molecule has 0 saturated carbocycles. The monoisotopic (exact) mass is 385 g/mol. The van der Waals surface area contributed by atoms with Crippen LogP contribution in [0.5, 0.6) is 0 Å². The summed E-state index contributed by atoms with van der Waals surface area (Å²) in [5.74, 6) is 0.250. The fraction of sp³-hybridized carbons (Fsp3) is 0.222. The summed E-state index contributed by atoms with van der Waals surface area (Å²) in [5.41, 5.74) is 8.15. The van der Waals surface area contributed by atoms with E-state index in [9.17, 15) is 9.59 Å². The minimum absolute atomic E-state index is 0.107. The van der Waals surface area contributed by atoms with E-state index in [0.29, 0.717) is 16.7 Å². The number of primary amides is 1. The summed E-state index contributed by atoms with van der Waals surface area (Å²) in [6, 6.07) is 9.29. The lowest BCUT2D eigenvalue weighted by molar-refractivity contribution is -0.118. The molecule has 0 saturated heterocycles. The van der Waals surface area contributed by atoms with Crippen LogP contribution in [-0.4, -0.2) is 32.3 Å². The smallest absolute Gasteiger partial charge is 0.237 e. The second kappa shape index (κ2) is 8.09. The number of nitrogens with one attached hydrogen (secondary N) is 1. The zero-order valence-electron chi connectivity index (χ0n) is 14.9. The lowest BCUT2D eigenvalue weighted by Gasteiger charge is -2.10. The van der Waals surface area contributed by atoms with Gasteiger partial charge in [0, 0.05) is 5.69 Å². The second-order valence-electron chi connectivity index (χ2n) is 5.99. The van der Waals surface area contributed by atoms with Crippen molar-refractivity contribution in [2.24, 2.45) is 5.73 Å². The molecule has 0 aliphatic rings. The van der Waals surface area contributed by atoms with E-state index in [-0.39, 0.29) is 18.2 Å². The average molecular weight is 385 g/mol. The number of aromatic nitrogens is 3. The quantitative estimate of drug-likeness (QED) is 0.603. The Morgan fingerprint density at radius 3 is 2.78 bits per heavy atom. The number of aryl methyl sites for hydroxylation is 2. The van der Waals surface area contributed by atoms with Crippen molar-refractivity contribution in [3.63, 3.8) is 0 Å². The minimum atomic E-state index is -0.538. The van der Waals surface area contributed by atoms with E-state index in [2.05, 4.69) is 15.5 Å². The van der Waals surface area contributed by atoms with E-state index in [1.165, 1.54) is 22.6 Å². The van der Waals surface area contributed by atoms with Gasteiger partial charge < -0.3 is 15.5 Å². The minimum Gasteiger partial charge on any atom is -0.461 e. The Labute approximate surface area is 160 Å². The van der Waals surface area contributed by atoms with E-state index in [0.717, 1.165) is 16.8 Å². The van der Waals surface area contributed by atoms with Crippen molar-refractivity contribution in [3.05, 3.63) is 47.7 Å². The highest BCUT2D eigenvalue weighted by Crippen LogP contribution is 2.24. The van der Waals surface area contributed by atoms with Gasteiger partial charge in [-0.05, 0) is 43.2 Å². The molecular weight excluding hydrogens is 366 g/mol. The summed E-state index contributed by atoms with van der Waals surface area (Å²) >= 11 is 1.17. The summed E-state index contributed by atoms with van der Waals surface area (Å²) in [6.07, 6.45) is 1.50. The van der Waals surface area contributed by atoms with Gasteiger partial charge in [-0.1, -0.05) is 23.9 Å². The third kappa shape index (κ3) is 4.56. The molecule has 27 heavy (non-hydrogen) atoms. The molecule has 0 fully saturated rings. The zero-order chi connectivity index (χ0) is 19.4. The van der Waals surface area contributed by atoms with E-state index < -0.39 is 5.91 Å². The van der Waals surface area contributed by atoms with Gasteiger partial charge in [0.2, 0.25) is 17.6 Å². The van der Waals surface area contributed by atoms with E-state index >= 15 is 0 Å². The predicted molar refractivity (Wildman–Crippen MR) is 102 cm³/mol. The number of hydrogen-bond acceptors (Lipinski definition) is 6. The Balaban J connectivity index is 1.72. The first-order valence-corrected chi connectivity index (χ1v) is 9.18. The standard InChI is InChI=1S/C18H19N5O3S/c1-11-5-6-12(2)13(8-11)20-16(25)10-27-18-22-21-17(14-4-3-7-26-14)23(18)9-15(19)24/h3-8H,9-10H2,1-2H3,(H2,19,24)(H,20,25). The van der Waals surface area contributed by atoms with Gasteiger partial charge in [0.1, 0.15) is 6.54 Å². The third-order valence-electron chi connectivity index (χ3n) is 3.77. The van der Waals surface area contributed by atoms with E-state index in [1.807, 2.05) is 32.0 Å². The molecule has 1 aromatic carbocycles. The van der Waals surface area contributed by atoms with Crippen LogP contribution in [0, 0.1) is 13.8 Å². The van der Waals surface area contributed by atoms with Crippen molar-refractivity contribution >= 4 is 29.3 Å². The molecule has 8 nitrogen and oxygen atoms in total. The van der Waals surface area contributed by atoms with Crippen LogP contribution in [0.25, 0.3) is 11.6 Å². The first-order chi connectivity index (χ1) is 12.9. The molecule has 0 radical (unpaired) electrons. The van der Waals surface area contributed by atoms with E-state index in [1.54, 1.807) is 12.1 Å². The lowest BCUT2D eigenvalue weighted by atomic mass is 10.1. The van der Waals surface area contributed by atoms with Crippen LogP contribution in [0.4, 0.5) is 5.69 Å². The summed E-state index contributed by atoms with van der Waals surface area (Å²) in [5, 5.41) is 11.4. The number of nitrogens with zero attached hydrogens (tertiary/aromatic N) is 3. The van der Waals surface area contributed by atoms with Gasteiger partial charge in [-0.25, -0.2) is 0 Å². The van der Waals surface area contributed by atoms with Gasteiger partial charge >= 0.3 is 0 Å². The molecule has 0 atom stereocenters. The largest absolute Gasteiger partial charge is 0.461 e. The van der Waals surface area contributed by atoms with Crippen LogP contribution >= 0.6 is 11.8 Å². The van der Waals surface area contributed by atoms with Gasteiger partial charge in [0.05, 0.1) is 12.0 Å². The van der Waals surface area contributed by atoms with Gasteiger partial charge in [-0.3, -0.25) is 14.2 Å². The molecule has 3 N–H and O–H groups in total. The molecule has 2 aromatic heterocycles. The Morgan fingerprint density at radius 1 is 1.26 bits per heavy atom. The number of carbonyl (C=O) groups excluding carboxylic acids is 2. The molecule has 2 amide bonds. The first kappa shape index (κ1) is 18.7. The molecule has 2 heterocycles. The van der Waals surface area contributed by atoms with Crippen LogP contribution < -0.4 is 11.1 Å². The number of amides is 2. The normalized spacial score (nSPS) is 10.7. The van der Waals surface area contributed by atoms with Crippen molar-refractivity contribution < 1.29 is 14.0 Å². The summed E-state index contributed by atoms with van der Waals surface area (Å²) in [6.45, 7) is 3.79. The number of benzene rings is 1. The highest BCUT2D eigenvalue weighted by molar-refractivity contribution is 7.99. The van der Waals surface area contributed by atoms with E-state index in [4.69, 9.17) is 10.2 Å².